The molecule has 2 aromatic rings. The molecule has 0 aliphatic heterocycles. The van der Waals surface area contributed by atoms with Gasteiger partial charge in [-0.1, -0.05) is 11.6 Å². The van der Waals surface area contributed by atoms with Crippen molar-refractivity contribution in [2.45, 2.75) is 24.8 Å². The van der Waals surface area contributed by atoms with E-state index in [1.807, 2.05) is 13.8 Å². The fourth-order valence-corrected chi connectivity index (χ4v) is 2.95. The largest absolute Gasteiger partial charge is 0.491 e. The Kier molecular flexibility index (Phi) is 5.30. The van der Waals surface area contributed by atoms with E-state index in [2.05, 4.69) is 0 Å². The molecule has 0 saturated heterocycles. The Hall–Kier alpha value is -2.32. The first-order valence-electron chi connectivity index (χ1n) is 6.84. The molecule has 2 aromatic carbocycles. The second-order valence-electron chi connectivity index (χ2n) is 5.05. The van der Waals surface area contributed by atoms with Crippen molar-refractivity contribution < 1.29 is 22.3 Å². The summed E-state index contributed by atoms with van der Waals surface area (Å²) in [6.45, 7) is 3.73. The van der Waals surface area contributed by atoms with Gasteiger partial charge < -0.3 is 8.92 Å². The highest BCUT2D eigenvalue weighted by Gasteiger charge is 2.22. The molecule has 0 radical (unpaired) electrons. The molecule has 0 amide bonds. The zero-order chi connectivity index (χ0) is 17.9. The van der Waals surface area contributed by atoms with Crippen LogP contribution in [0.15, 0.2) is 47.4 Å². The molecule has 7 nitrogen and oxygen atoms in total. The molecule has 128 valence electrons. The first-order valence-corrected chi connectivity index (χ1v) is 8.63. The minimum atomic E-state index is -4.23. The monoisotopic (exact) mass is 371 g/mol. The van der Waals surface area contributed by atoms with Crippen LogP contribution in [0, 0.1) is 10.1 Å². The Labute approximate surface area is 144 Å². The van der Waals surface area contributed by atoms with Gasteiger partial charge in [-0.25, -0.2) is 0 Å². The van der Waals surface area contributed by atoms with Crippen LogP contribution in [0.4, 0.5) is 5.69 Å². The number of nitrogens with zero attached hydrogens (tertiary/aromatic N) is 1. The van der Waals surface area contributed by atoms with Crippen molar-refractivity contribution in [1.82, 2.24) is 0 Å². The van der Waals surface area contributed by atoms with Crippen LogP contribution in [0.3, 0.4) is 0 Å². The second kappa shape index (κ2) is 7.06. The van der Waals surface area contributed by atoms with E-state index >= 15 is 0 Å². The molecular weight excluding hydrogens is 358 g/mol. The standard InChI is InChI=1S/C15H14ClNO6S/c1-10(2)22-11-3-5-12(6-4-11)23-24(20,21)13-7-8-14(16)15(9-13)17(18)19/h3-10H,1-2H3. The van der Waals surface area contributed by atoms with E-state index < -0.39 is 20.7 Å². The van der Waals surface area contributed by atoms with Crippen LogP contribution in [0.1, 0.15) is 13.8 Å². The molecule has 0 heterocycles. The van der Waals surface area contributed by atoms with Gasteiger partial charge in [0.25, 0.3) is 5.69 Å². The summed E-state index contributed by atoms with van der Waals surface area (Å²) in [6.07, 6.45) is -0.0184. The lowest BCUT2D eigenvalue weighted by Gasteiger charge is -2.11. The van der Waals surface area contributed by atoms with Gasteiger partial charge in [0.05, 0.1) is 11.0 Å². The molecule has 0 N–H and O–H groups in total. The molecule has 2 rings (SSSR count). The van der Waals surface area contributed by atoms with Crippen molar-refractivity contribution in [2.24, 2.45) is 0 Å². The van der Waals surface area contributed by atoms with Crippen LogP contribution in [-0.2, 0) is 10.1 Å². The van der Waals surface area contributed by atoms with Crippen molar-refractivity contribution in [3.05, 3.63) is 57.6 Å². The van der Waals surface area contributed by atoms with E-state index in [-0.39, 0.29) is 21.8 Å². The van der Waals surface area contributed by atoms with E-state index in [4.69, 9.17) is 20.5 Å². The van der Waals surface area contributed by atoms with Crippen LogP contribution in [0.25, 0.3) is 0 Å². The number of hydrogen-bond acceptors (Lipinski definition) is 6. The summed E-state index contributed by atoms with van der Waals surface area (Å²) in [4.78, 5) is 9.73. The molecular formula is C15H14ClNO6S. The lowest BCUT2D eigenvalue weighted by atomic mass is 10.3. The highest BCUT2D eigenvalue weighted by Crippen LogP contribution is 2.29. The maximum Gasteiger partial charge on any atom is 0.339 e. The highest BCUT2D eigenvalue weighted by molar-refractivity contribution is 7.87. The Balaban J connectivity index is 2.25. The molecule has 9 heteroatoms. The molecule has 0 aliphatic carbocycles. The van der Waals surface area contributed by atoms with Crippen molar-refractivity contribution in [3.63, 3.8) is 0 Å². The minimum absolute atomic E-state index is 0.0184. The van der Waals surface area contributed by atoms with Gasteiger partial charge in [0.1, 0.15) is 21.4 Å². The number of ether oxygens (including phenoxy) is 1. The van der Waals surface area contributed by atoms with Crippen molar-refractivity contribution in [2.75, 3.05) is 0 Å². The maximum atomic E-state index is 12.2. The molecule has 0 atom stereocenters. The van der Waals surface area contributed by atoms with Gasteiger partial charge in [0.15, 0.2) is 0 Å². The summed E-state index contributed by atoms with van der Waals surface area (Å²) in [6, 6.07) is 9.12. The average molecular weight is 372 g/mol. The summed E-state index contributed by atoms with van der Waals surface area (Å²) in [5, 5.41) is 10.7. The summed E-state index contributed by atoms with van der Waals surface area (Å²) >= 11 is 5.67. The molecule has 0 bridgehead atoms. The SMILES string of the molecule is CC(C)Oc1ccc(OS(=O)(=O)c2ccc(Cl)c([N+](=O)[O-])c2)cc1. The predicted molar refractivity (Wildman–Crippen MR) is 88.1 cm³/mol. The van der Waals surface area contributed by atoms with Crippen LogP contribution in [0.2, 0.25) is 5.02 Å². The number of benzene rings is 2. The zero-order valence-electron chi connectivity index (χ0n) is 12.8. The van der Waals surface area contributed by atoms with Gasteiger partial charge in [-0.15, -0.1) is 0 Å². The zero-order valence-corrected chi connectivity index (χ0v) is 14.4. The molecule has 0 fully saturated rings. The van der Waals surface area contributed by atoms with E-state index in [0.717, 1.165) is 18.2 Å². The van der Waals surface area contributed by atoms with Gasteiger partial charge in [0.2, 0.25) is 0 Å². The fourth-order valence-electron chi connectivity index (χ4n) is 1.81. The molecule has 24 heavy (non-hydrogen) atoms. The minimum Gasteiger partial charge on any atom is -0.491 e. The lowest BCUT2D eigenvalue weighted by molar-refractivity contribution is -0.384. The van der Waals surface area contributed by atoms with E-state index in [1.165, 1.54) is 12.1 Å². The number of hydrogen-bond donors (Lipinski definition) is 0. The first kappa shape index (κ1) is 18.0. The Morgan fingerprint density at radius 1 is 1.08 bits per heavy atom. The molecule has 0 unspecified atom stereocenters. The molecule has 0 saturated carbocycles. The maximum absolute atomic E-state index is 12.2. The summed E-state index contributed by atoms with van der Waals surface area (Å²) in [5.74, 6) is 0.626. The van der Waals surface area contributed by atoms with Gasteiger partial charge in [0, 0.05) is 6.07 Å². The smallest absolute Gasteiger partial charge is 0.339 e. The topological polar surface area (TPSA) is 95.7 Å². The number of nitro groups is 1. The number of nitro benzene ring substituents is 1. The van der Waals surface area contributed by atoms with Crippen molar-refractivity contribution >= 4 is 27.4 Å². The van der Waals surface area contributed by atoms with Crippen molar-refractivity contribution in [3.8, 4) is 11.5 Å². The van der Waals surface area contributed by atoms with E-state index in [0.29, 0.717) is 5.75 Å². The van der Waals surface area contributed by atoms with E-state index in [1.54, 1.807) is 12.1 Å². The van der Waals surface area contributed by atoms with Gasteiger partial charge in [-0.3, -0.25) is 10.1 Å². The van der Waals surface area contributed by atoms with Crippen LogP contribution < -0.4 is 8.92 Å². The quantitative estimate of drug-likeness (QED) is 0.435. The molecule has 0 aromatic heterocycles. The molecule has 0 spiro atoms. The van der Waals surface area contributed by atoms with Gasteiger partial charge >= 0.3 is 10.1 Å². The van der Waals surface area contributed by atoms with Gasteiger partial charge in [-0.2, -0.15) is 8.42 Å². The van der Waals surface area contributed by atoms with Crippen molar-refractivity contribution in [1.29, 1.82) is 0 Å². The average Bonchev–Trinajstić information content (AvgIpc) is 2.48. The van der Waals surface area contributed by atoms with Crippen LogP contribution >= 0.6 is 11.6 Å². The fraction of sp³-hybridized carbons (Fsp3) is 0.200. The van der Waals surface area contributed by atoms with E-state index in [9.17, 15) is 18.5 Å². The highest BCUT2D eigenvalue weighted by atomic mass is 35.5. The third-order valence-corrected chi connectivity index (χ3v) is 4.37. The van der Waals surface area contributed by atoms with Gasteiger partial charge in [-0.05, 0) is 50.2 Å². The van der Waals surface area contributed by atoms with Crippen LogP contribution in [0.5, 0.6) is 11.5 Å². The summed E-state index contributed by atoms with van der Waals surface area (Å²) < 4.78 is 34.9. The number of halogens is 1. The molecule has 0 aliphatic rings. The van der Waals surface area contributed by atoms with Crippen LogP contribution in [-0.4, -0.2) is 19.4 Å². The normalized spacial score (nSPS) is 11.3. The first-order chi connectivity index (χ1) is 11.2. The summed E-state index contributed by atoms with van der Waals surface area (Å²) in [7, 11) is -4.23. The number of rotatable bonds is 6. The Morgan fingerprint density at radius 2 is 1.67 bits per heavy atom. The summed E-state index contributed by atoms with van der Waals surface area (Å²) in [5.41, 5.74) is -0.512. The Bertz CT molecular complexity index is 849. The Morgan fingerprint density at radius 3 is 2.21 bits per heavy atom. The third kappa shape index (κ3) is 4.36. The second-order valence-corrected chi connectivity index (χ2v) is 7.00. The lowest BCUT2D eigenvalue weighted by Crippen LogP contribution is -2.10. The third-order valence-electron chi connectivity index (χ3n) is 2.80. The predicted octanol–water partition coefficient (Wildman–Crippen LogP) is 3.80.